The molecule has 13 heavy (non-hydrogen) atoms. The van der Waals surface area contributed by atoms with Crippen molar-refractivity contribution in [1.29, 1.82) is 0 Å². The van der Waals surface area contributed by atoms with Crippen LogP contribution in [0.2, 0.25) is 5.54 Å². The second-order valence-corrected chi connectivity index (χ2v) is 7.97. The quantitative estimate of drug-likeness (QED) is 0.639. The lowest BCUT2D eigenvalue weighted by molar-refractivity contribution is 0.590. The number of nitrogens with zero attached hydrogens (tertiary/aromatic N) is 1. The summed E-state index contributed by atoms with van der Waals surface area (Å²) in [6.45, 7) is 11.4. The molecule has 0 spiro atoms. The zero-order chi connectivity index (χ0) is 10.1. The first-order valence-electron chi connectivity index (χ1n) is 5.06. The van der Waals surface area contributed by atoms with E-state index in [1.807, 2.05) is 0 Å². The fourth-order valence-corrected chi connectivity index (χ4v) is 2.79. The molecule has 1 rings (SSSR count). The predicted molar refractivity (Wildman–Crippen MR) is 62.2 cm³/mol. The third-order valence-electron chi connectivity index (χ3n) is 2.19. The smallest absolute Gasteiger partial charge is 0.131 e. The highest BCUT2D eigenvalue weighted by atomic mass is 28.2. The van der Waals surface area contributed by atoms with Crippen LogP contribution in [0.1, 0.15) is 40.2 Å². The first kappa shape index (κ1) is 10.6. The Balaban J connectivity index is 2.75. The summed E-state index contributed by atoms with van der Waals surface area (Å²) in [6, 6.07) is 2.26. The van der Waals surface area contributed by atoms with E-state index >= 15 is 0 Å². The van der Waals surface area contributed by atoms with Crippen LogP contribution in [0, 0.1) is 0 Å². The summed E-state index contributed by atoms with van der Waals surface area (Å²) in [6.07, 6.45) is 4.57. The Morgan fingerprint density at radius 1 is 1.31 bits per heavy atom. The molecule has 0 atom stereocenters. The molecule has 0 aliphatic carbocycles. The lowest BCUT2D eigenvalue weighted by Crippen LogP contribution is -2.11. The summed E-state index contributed by atoms with van der Waals surface area (Å²) < 4.78 is 2.42. The largest absolute Gasteiger partial charge is 0.386 e. The second-order valence-electron chi connectivity index (χ2n) is 5.24. The molecule has 0 saturated carbocycles. The van der Waals surface area contributed by atoms with Gasteiger partial charge in [0.1, 0.15) is 9.68 Å². The molecule has 1 aromatic heterocycles. The fraction of sp³-hybridized carbons (Fsp3) is 0.636. The van der Waals surface area contributed by atoms with Crippen LogP contribution in [0.3, 0.4) is 0 Å². The Morgan fingerprint density at radius 3 is 2.31 bits per heavy atom. The number of rotatable bonds is 2. The van der Waals surface area contributed by atoms with Crippen molar-refractivity contribution in [2.75, 3.05) is 0 Å². The predicted octanol–water partition coefficient (Wildman–Crippen LogP) is 2.55. The highest BCUT2D eigenvalue weighted by Gasteiger charge is 2.14. The minimum Gasteiger partial charge on any atom is -0.386 e. The van der Waals surface area contributed by atoms with Gasteiger partial charge in [0.05, 0.1) is 0 Å². The third kappa shape index (κ3) is 3.03. The van der Waals surface area contributed by atoms with E-state index in [0.29, 0.717) is 5.41 Å². The fourth-order valence-electron chi connectivity index (χ4n) is 1.42. The first-order chi connectivity index (χ1) is 5.89. The summed E-state index contributed by atoms with van der Waals surface area (Å²) >= 11 is 0. The molecule has 0 aliphatic heterocycles. The van der Waals surface area contributed by atoms with Crippen molar-refractivity contribution in [3.05, 3.63) is 24.0 Å². The molecule has 0 fully saturated rings. The van der Waals surface area contributed by atoms with Crippen molar-refractivity contribution >= 4 is 9.68 Å². The average Bonchev–Trinajstić information content (AvgIpc) is 2.32. The molecule has 0 saturated heterocycles. The summed E-state index contributed by atoms with van der Waals surface area (Å²) in [5.41, 5.74) is 2.62. The van der Waals surface area contributed by atoms with E-state index in [1.54, 1.807) is 0 Å². The minimum absolute atomic E-state index is 0.0971. The maximum Gasteiger partial charge on any atom is 0.131 e. The van der Waals surface area contributed by atoms with Crippen molar-refractivity contribution in [2.45, 2.75) is 45.6 Å². The lowest BCUT2D eigenvalue weighted by atomic mass is 9.89. The van der Waals surface area contributed by atoms with Gasteiger partial charge in [0, 0.05) is 0 Å². The van der Waals surface area contributed by atoms with E-state index in [-0.39, 0.29) is 9.68 Å². The molecule has 1 nitrogen and oxygen atoms in total. The van der Waals surface area contributed by atoms with E-state index in [1.165, 1.54) is 5.56 Å². The van der Waals surface area contributed by atoms with Crippen LogP contribution in [0.5, 0.6) is 0 Å². The van der Waals surface area contributed by atoms with Gasteiger partial charge in [0.25, 0.3) is 0 Å². The average molecular weight is 195 g/mol. The number of aromatic nitrogens is 1. The van der Waals surface area contributed by atoms with Crippen molar-refractivity contribution in [1.82, 2.24) is 4.23 Å². The summed E-state index contributed by atoms with van der Waals surface area (Å²) in [7, 11) is -0.0971. The molecule has 0 bridgehead atoms. The van der Waals surface area contributed by atoms with E-state index in [9.17, 15) is 0 Å². The van der Waals surface area contributed by atoms with Crippen LogP contribution in [0.25, 0.3) is 0 Å². The van der Waals surface area contributed by atoms with Gasteiger partial charge in [-0.25, -0.2) is 0 Å². The maximum atomic E-state index is 2.42. The minimum atomic E-state index is -0.0971. The van der Waals surface area contributed by atoms with Crippen molar-refractivity contribution < 1.29 is 0 Å². The van der Waals surface area contributed by atoms with E-state index < -0.39 is 0 Å². The molecule has 1 aromatic rings. The van der Waals surface area contributed by atoms with Gasteiger partial charge in [-0.15, -0.1) is 0 Å². The Hall–Kier alpha value is -0.503. The van der Waals surface area contributed by atoms with Gasteiger partial charge in [-0.05, 0) is 35.0 Å². The Bertz CT molecular complexity index is 268. The highest BCUT2D eigenvalue weighted by molar-refractivity contribution is 6.35. The van der Waals surface area contributed by atoms with E-state index in [4.69, 9.17) is 0 Å². The molecule has 0 unspecified atom stereocenters. The molecular formula is C11H21NSi. The van der Waals surface area contributed by atoms with Crippen LogP contribution < -0.4 is 0 Å². The van der Waals surface area contributed by atoms with Crippen molar-refractivity contribution in [3.8, 4) is 0 Å². The van der Waals surface area contributed by atoms with Gasteiger partial charge >= 0.3 is 0 Å². The van der Waals surface area contributed by atoms with Gasteiger partial charge in [0.15, 0.2) is 0 Å². The molecule has 0 radical (unpaired) electrons. The van der Waals surface area contributed by atoms with Gasteiger partial charge in [-0.1, -0.05) is 34.6 Å². The molecule has 74 valence electrons. The monoisotopic (exact) mass is 195 g/mol. The zero-order valence-electron chi connectivity index (χ0n) is 9.46. The SMILES string of the molecule is CC(C)[SiH2]n1ccc(C(C)(C)C)c1. The van der Waals surface area contributed by atoms with E-state index in [2.05, 4.69) is 57.3 Å². The molecule has 1 heterocycles. The van der Waals surface area contributed by atoms with Crippen LogP contribution in [0.4, 0.5) is 0 Å². The summed E-state index contributed by atoms with van der Waals surface area (Å²) in [4.78, 5) is 0. The first-order valence-corrected chi connectivity index (χ1v) is 6.51. The lowest BCUT2D eigenvalue weighted by Gasteiger charge is -2.16. The topological polar surface area (TPSA) is 4.93 Å². The van der Waals surface area contributed by atoms with E-state index in [0.717, 1.165) is 5.54 Å². The van der Waals surface area contributed by atoms with Crippen molar-refractivity contribution in [3.63, 3.8) is 0 Å². The van der Waals surface area contributed by atoms with Gasteiger partial charge < -0.3 is 4.23 Å². The number of hydrogen-bond acceptors (Lipinski definition) is 0. The van der Waals surface area contributed by atoms with Gasteiger partial charge in [-0.3, -0.25) is 0 Å². The van der Waals surface area contributed by atoms with Crippen LogP contribution in [-0.2, 0) is 5.41 Å². The van der Waals surface area contributed by atoms with Gasteiger partial charge in [0.2, 0.25) is 0 Å². The van der Waals surface area contributed by atoms with Crippen LogP contribution in [0.15, 0.2) is 18.5 Å². The molecule has 0 N–H and O–H groups in total. The molecule has 0 aromatic carbocycles. The zero-order valence-corrected chi connectivity index (χ0v) is 10.9. The Labute approximate surface area is 84.1 Å². The maximum absolute atomic E-state index is 2.42. The highest BCUT2D eigenvalue weighted by Crippen LogP contribution is 2.22. The summed E-state index contributed by atoms with van der Waals surface area (Å²) in [5.74, 6) is 0. The van der Waals surface area contributed by atoms with Crippen LogP contribution >= 0.6 is 0 Å². The number of hydrogen-bond donors (Lipinski definition) is 0. The standard InChI is InChI=1S/C11H21NSi/c1-9(2)13-12-7-6-10(8-12)11(3,4)5/h6-9H,13H2,1-5H3. The molecule has 2 heteroatoms. The Morgan fingerprint density at radius 2 is 1.92 bits per heavy atom. The normalized spacial score (nSPS) is 13.4. The second kappa shape index (κ2) is 3.70. The molecule has 0 amide bonds. The Kier molecular flexibility index (Phi) is 3.01. The van der Waals surface area contributed by atoms with Crippen molar-refractivity contribution in [2.24, 2.45) is 0 Å². The third-order valence-corrected chi connectivity index (χ3v) is 3.74. The van der Waals surface area contributed by atoms with Crippen LogP contribution in [-0.4, -0.2) is 13.9 Å². The summed E-state index contributed by atoms with van der Waals surface area (Å²) in [5, 5.41) is 0. The van der Waals surface area contributed by atoms with Gasteiger partial charge in [-0.2, -0.15) is 0 Å². The molecular weight excluding hydrogens is 174 g/mol. The molecule has 0 aliphatic rings.